The van der Waals surface area contributed by atoms with E-state index in [4.69, 9.17) is 10.5 Å². The van der Waals surface area contributed by atoms with Crippen LogP contribution >= 0.6 is 0 Å². The quantitative estimate of drug-likeness (QED) is 0.821. The summed E-state index contributed by atoms with van der Waals surface area (Å²) in [5.41, 5.74) is 6.82. The fourth-order valence-corrected chi connectivity index (χ4v) is 3.16. The molecule has 1 aliphatic carbocycles. The average Bonchev–Trinajstić information content (AvgIpc) is 2.73. The maximum atomic E-state index is 10.8. The maximum absolute atomic E-state index is 10.8. The van der Waals surface area contributed by atoms with Gasteiger partial charge in [0.05, 0.1) is 13.2 Å². The van der Waals surface area contributed by atoms with Crippen LogP contribution in [-0.4, -0.2) is 18.8 Å². The fourth-order valence-electron chi connectivity index (χ4n) is 3.16. The van der Waals surface area contributed by atoms with Gasteiger partial charge in [0, 0.05) is 12.0 Å². The van der Waals surface area contributed by atoms with Gasteiger partial charge in [-0.25, -0.2) is 0 Å². The highest BCUT2D eigenvalue weighted by Gasteiger charge is 2.37. The first-order valence-electron chi connectivity index (χ1n) is 7.24. The van der Waals surface area contributed by atoms with Gasteiger partial charge < -0.3 is 15.6 Å². The molecule has 3 N–H and O–H groups in total. The van der Waals surface area contributed by atoms with Gasteiger partial charge in [-0.15, -0.1) is 0 Å². The number of nitrogens with two attached hydrogens (primary N) is 1. The molecule has 1 aliphatic rings. The summed E-state index contributed by atoms with van der Waals surface area (Å²) in [6, 6.07) is 7.70. The smallest absolute Gasteiger partial charge is 0.118 e. The Morgan fingerprint density at radius 3 is 2.21 bits per heavy atom. The van der Waals surface area contributed by atoms with Crippen molar-refractivity contribution in [1.82, 2.24) is 0 Å². The Kier molecular flexibility index (Phi) is 4.83. The molecule has 19 heavy (non-hydrogen) atoms. The molecule has 0 aromatic heterocycles. The van der Waals surface area contributed by atoms with E-state index in [1.807, 2.05) is 24.3 Å². The number of hydrogen-bond acceptors (Lipinski definition) is 3. The normalized spacial score (nSPS) is 20.6. The predicted octanol–water partition coefficient (Wildman–Crippen LogP) is 3.03. The Morgan fingerprint density at radius 2 is 1.74 bits per heavy atom. The first-order chi connectivity index (χ1) is 9.22. The minimum atomic E-state index is -0.471. The molecule has 0 aliphatic heterocycles. The zero-order valence-electron chi connectivity index (χ0n) is 11.8. The van der Waals surface area contributed by atoms with E-state index in [2.05, 4.69) is 0 Å². The number of rotatable bonds is 4. The number of ether oxygens (including phenoxy) is 1. The lowest BCUT2D eigenvalue weighted by Crippen LogP contribution is -2.36. The van der Waals surface area contributed by atoms with Gasteiger partial charge in [0.15, 0.2) is 0 Å². The Bertz CT molecular complexity index is 380. The zero-order valence-corrected chi connectivity index (χ0v) is 11.8. The summed E-state index contributed by atoms with van der Waals surface area (Å²) in [5.74, 6) is 0.818. The molecular formula is C16H25NO2. The Balaban J connectivity index is 2.20. The van der Waals surface area contributed by atoms with Crippen LogP contribution in [0, 0.1) is 5.41 Å². The van der Waals surface area contributed by atoms with Crippen molar-refractivity contribution in [3.8, 4) is 5.75 Å². The van der Waals surface area contributed by atoms with Gasteiger partial charge in [0.25, 0.3) is 0 Å². The van der Waals surface area contributed by atoms with Crippen molar-refractivity contribution in [3.05, 3.63) is 29.8 Å². The molecule has 1 unspecified atom stereocenters. The van der Waals surface area contributed by atoms with Gasteiger partial charge in [-0.1, -0.05) is 37.8 Å². The summed E-state index contributed by atoms with van der Waals surface area (Å²) in [6.07, 6.45) is 6.44. The molecule has 2 rings (SSSR count). The standard InChI is InChI=1S/C16H25NO2/c1-19-14-8-6-13(7-9-14)15(18)16(12-17)10-4-2-3-5-11-16/h6-9,15,18H,2-5,10-12,17H2,1H3. The van der Waals surface area contributed by atoms with Gasteiger partial charge in [0.2, 0.25) is 0 Å². The van der Waals surface area contributed by atoms with E-state index in [0.717, 1.165) is 24.2 Å². The second kappa shape index (κ2) is 6.40. The van der Waals surface area contributed by atoms with Crippen molar-refractivity contribution < 1.29 is 9.84 Å². The fraction of sp³-hybridized carbons (Fsp3) is 0.625. The molecule has 1 aromatic carbocycles. The van der Waals surface area contributed by atoms with Crippen LogP contribution in [0.5, 0.6) is 5.75 Å². The molecule has 3 heteroatoms. The molecule has 0 heterocycles. The van der Waals surface area contributed by atoms with Gasteiger partial charge in [0.1, 0.15) is 5.75 Å². The summed E-state index contributed by atoms with van der Waals surface area (Å²) in [5, 5.41) is 10.8. The highest BCUT2D eigenvalue weighted by molar-refractivity contribution is 5.29. The molecule has 0 radical (unpaired) electrons. The van der Waals surface area contributed by atoms with Crippen LogP contribution in [0.1, 0.15) is 50.2 Å². The molecule has 1 fully saturated rings. The van der Waals surface area contributed by atoms with E-state index in [9.17, 15) is 5.11 Å². The number of hydrogen-bond donors (Lipinski definition) is 2. The monoisotopic (exact) mass is 263 g/mol. The van der Waals surface area contributed by atoms with Crippen LogP contribution in [-0.2, 0) is 0 Å². The van der Waals surface area contributed by atoms with E-state index in [1.54, 1.807) is 7.11 Å². The molecule has 1 atom stereocenters. The lowest BCUT2D eigenvalue weighted by molar-refractivity contribution is 0.0166. The number of methoxy groups -OCH3 is 1. The van der Waals surface area contributed by atoms with E-state index < -0.39 is 6.10 Å². The van der Waals surface area contributed by atoms with Gasteiger partial charge >= 0.3 is 0 Å². The van der Waals surface area contributed by atoms with Crippen molar-refractivity contribution in [3.63, 3.8) is 0 Å². The van der Waals surface area contributed by atoms with Crippen molar-refractivity contribution >= 4 is 0 Å². The summed E-state index contributed by atoms with van der Waals surface area (Å²) >= 11 is 0. The summed E-state index contributed by atoms with van der Waals surface area (Å²) in [6.45, 7) is 0.556. The van der Waals surface area contributed by atoms with E-state index in [0.29, 0.717) is 6.54 Å². The summed E-state index contributed by atoms with van der Waals surface area (Å²) in [7, 11) is 1.65. The Morgan fingerprint density at radius 1 is 1.16 bits per heavy atom. The second-order valence-corrected chi connectivity index (χ2v) is 5.66. The Labute approximate surface area is 115 Å². The highest BCUT2D eigenvalue weighted by Crippen LogP contribution is 2.44. The first kappa shape index (κ1) is 14.4. The zero-order chi connectivity index (χ0) is 13.7. The van der Waals surface area contributed by atoms with Crippen LogP contribution in [0.25, 0.3) is 0 Å². The van der Waals surface area contributed by atoms with Crippen LogP contribution in [0.3, 0.4) is 0 Å². The second-order valence-electron chi connectivity index (χ2n) is 5.66. The third-order valence-corrected chi connectivity index (χ3v) is 4.52. The maximum Gasteiger partial charge on any atom is 0.118 e. The topological polar surface area (TPSA) is 55.5 Å². The van der Waals surface area contributed by atoms with Crippen molar-refractivity contribution in [2.75, 3.05) is 13.7 Å². The molecular weight excluding hydrogens is 238 g/mol. The van der Waals surface area contributed by atoms with Crippen LogP contribution in [0.15, 0.2) is 24.3 Å². The van der Waals surface area contributed by atoms with Crippen molar-refractivity contribution in [2.45, 2.75) is 44.6 Å². The minimum absolute atomic E-state index is 0.148. The van der Waals surface area contributed by atoms with Crippen LogP contribution in [0.4, 0.5) is 0 Å². The SMILES string of the molecule is COc1ccc(C(O)C2(CN)CCCCCC2)cc1. The van der Waals surface area contributed by atoms with E-state index >= 15 is 0 Å². The van der Waals surface area contributed by atoms with Crippen molar-refractivity contribution in [1.29, 1.82) is 0 Å². The van der Waals surface area contributed by atoms with Gasteiger partial charge in [-0.3, -0.25) is 0 Å². The van der Waals surface area contributed by atoms with Gasteiger partial charge in [-0.05, 0) is 30.5 Å². The Hall–Kier alpha value is -1.06. The summed E-state index contributed by atoms with van der Waals surface area (Å²) in [4.78, 5) is 0. The first-order valence-corrected chi connectivity index (χ1v) is 7.24. The molecule has 3 nitrogen and oxygen atoms in total. The molecule has 0 spiro atoms. The van der Waals surface area contributed by atoms with Crippen LogP contribution < -0.4 is 10.5 Å². The third kappa shape index (κ3) is 3.10. The molecule has 106 valence electrons. The van der Waals surface area contributed by atoms with Gasteiger partial charge in [-0.2, -0.15) is 0 Å². The third-order valence-electron chi connectivity index (χ3n) is 4.52. The average molecular weight is 263 g/mol. The van der Waals surface area contributed by atoms with Crippen LogP contribution in [0.2, 0.25) is 0 Å². The van der Waals surface area contributed by atoms with E-state index in [1.165, 1.54) is 25.7 Å². The van der Waals surface area contributed by atoms with Crippen molar-refractivity contribution in [2.24, 2.45) is 11.1 Å². The largest absolute Gasteiger partial charge is 0.497 e. The van der Waals surface area contributed by atoms with E-state index in [-0.39, 0.29) is 5.41 Å². The lowest BCUT2D eigenvalue weighted by atomic mass is 9.73. The molecule has 1 saturated carbocycles. The minimum Gasteiger partial charge on any atom is -0.497 e. The highest BCUT2D eigenvalue weighted by atomic mass is 16.5. The number of aliphatic hydroxyl groups excluding tert-OH is 1. The number of benzene rings is 1. The lowest BCUT2D eigenvalue weighted by Gasteiger charge is -2.36. The molecule has 0 saturated heterocycles. The molecule has 0 amide bonds. The molecule has 0 bridgehead atoms. The molecule has 1 aromatic rings. The predicted molar refractivity (Wildman–Crippen MR) is 77.1 cm³/mol. The number of aliphatic hydroxyl groups is 1. The summed E-state index contributed by atoms with van der Waals surface area (Å²) < 4.78 is 5.16.